The van der Waals surface area contributed by atoms with E-state index in [1.54, 1.807) is 0 Å². The van der Waals surface area contributed by atoms with Crippen LogP contribution in [0.15, 0.2) is 18.2 Å². The van der Waals surface area contributed by atoms with Crippen molar-refractivity contribution in [2.75, 3.05) is 11.9 Å². The van der Waals surface area contributed by atoms with E-state index in [-0.39, 0.29) is 5.54 Å². The molecule has 0 unspecified atom stereocenters. The first-order valence-electron chi connectivity index (χ1n) is 5.81. The average Bonchev–Trinajstić information content (AvgIpc) is 2.27. The molecule has 90 valence electrons. The average molecular weight is 284 g/mol. The molecule has 0 saturated heterocycles. The van der Waals surface area contributed by atoms with Crippen molar-refractivity contribution in [3.8, 4) is 0 Å². The van der Waals surface area contributed by atoms with Gasteiger partial charge in [-0.1, -0.05) is 40.5 Å². The number of hydrogen-bond donors (Lipinski definition) is 0. The molecule has 16 heavy (non-hydrogen) atoms. The molecular weight excluding hydrogens is 262 g/mol. The van der Waals surface area contributed by atoms with E-state index in [1.165, 1.54) is 16.8 Å². The smallest absolute Gasteiger partial charge is 0.0409 e. The third kappa shape index (κ3) is 2.79. The molecule has 1 aromatic carbocycles. The summed E-state index contributed by atoms with van der Waals surface area (Å²) in [5.41, 5.74) is 4.21. The van der Waals surface area contributed by atoms with Crippen LogP contribution in [-0.4, -0.2) is 12.6 Å². The van der Waals surface area contributed by atoms with Gasteiger partial charge < -0.3 is 4.90 Å². The second kappa shape index (κ2) is 5.22. The summed E-state index contributed by atoms with van der Waals surface area (Å²) in [6.07, 6.45) is 1.14. The van der Waals surface area contributed by atoms with E-state index in [4.69, 9.17) is 0 Å². The maximum Gasteiger partial charge on any atom is 0.0409 e. The number of aryl methyl sites for hydroxylation is 1. The molecule has 0 spiro atoms. The van der Waals surface area contributed by atoms with E-state index in [2.05, 4.69) is 73.8 Å². The van der Waals surface area contributed by atoms with Crippen LogP contribution in [-0.2, 0) is 5.33 Å². The Morgan fingerprint density at radius 3 is 2.44 bits per heavy atom. The van der Waals surface area contributed by atoms with Gasteiger partial charge in [0.05, 0.1) is 0 Å². The van der Waals surface area contributed by atoms with Gasteiger partial charge in [0.1, 0.15) is 0 Å². The van der Waals surface area contributed by atoms with E-state index in [0.717, 1.165) is 11.8 Å². The molecule has 0 atom stereocenters. The predicted molar refractivity (Wildman–Crippen MR) is 76.6 cm³/mol. The summed E-state index contributed by atoms with van der Waals surface area (Å²) < 4.78 is 0. The third-order valence-corrected chi connectivity index (χ3v) is 4.12. The maximum atomic E-state index is 3.57. The Kier molecular flexibility index (Phi) is 4.43. The molecule has 0 aliphatic rings. The standard InChI is InChI=1S/C14H22BrN/c1-6-14(3,4)16(5)13-8-7-11(2)9-12(13)10-15/h7-9H,6,10H2,1-5H3. The van der Waals surface area contributed by atoms with E-state index in [0.29, 0.717) is 0 Å². The lowest BCUT2D eigenvalue weighted by molar-refractivity contribution is 0.470. The van der Waals surface area contributed by atoms with Gasteiger partial charge in [0.25, 0.3) is 0 Å². The fourth-order valence-corrected chi connectivity index (χ4v) is 2.16. The highest BCUT2D eigenvalue weighted by molar-refractivity contribution is 9.08. The van der Waals surface area contributed by atoms with Gasteiger partial charge in [0, 0.05) is 23.6 Å². The highest BCUT2D eigenvalue weighted by Crippen LogP contribution is 2.29. The SMILES string of the molecule is CCC(C)(C)N(C)c1ccc(C)cc1CBr. The molecule has 1 nitrogen and oxygen atoms in total. The Bertz CT molecular complexity index is 358. The van der Waals surface area contributed by atoms with E-state index >= 15 is 0 Å². The van der Waals surface area contributed by atoms with Crippen LogP contribution in [0, 0.1) is 6.92 Å². The van der Waals surface area contributed by atoms with Crippen LogP contribution in [0.2, 0.25) is 0 Å². The Morgan fingerprint density at radius 2 is 1.94 bits per heavy atom. The van der Waals surface area contributed by atoms with Gasteiger partial charge in [0.15, 0.2) is 0 Å². The van der Waals surface area contributed by atoms with Crippen molar-refractivity contribution < 1.29 is 0 Å². The van der Waals surface area contributed by atoms with Crippen molar-refractivity contribution in [1.82, 2.24) is 0 Å². The van der Waals surface area contributed by atoms with Gasteiger partial charge in [-0.25, -0.2) is 0 Å². The van der Waals surface area contributed by atoms with Crippen LogP contribution in [0.3, 0.4) is 0 Å². The second-order valence-electron chi connectivity index (χ2n) is 4.99. The summed E-state index contributed by atoms with van der Waals surface area (Å²) in [6.45, 7) is 8.94. The van der Waals surface area contributed by atoms with E-state index < -0.39 is 0 Å². The minimum atomic E-state index is 0.201. The number of rotatable bonds is 4. The molecule has 1 aromatic rings. The number of alkyl halides is 1. The Hall–Kier alpha value is -0.500. The van der Waals surface area contributed by atoms with Crippen LogP contribution in [0.5, 0.6) is 0 Å². The summed E-state index contributed by atoms with van der Waals surface area (Å²) in [7, 11) is 2.18. The zero-order chi connectivity index (χ0) is 12.3. The molecule has 1 rings (SSSR count). The topological polar surface area (TPSA) is 3.24 Å². The van der Waals surface area contributed by atoms with Crippen molar-refractivity contribution in [1.29, 1.82) is 0 Å². The van der Waals surface area contributed by atoms with Crippen molar-refractivity contribution in [3.05, 3.63) is 29.3 Å². The molecule has 0 aromatic heterocycles. The van der Waals surface area contributed by atoms with Gasteiger partial charge in [-0.15, -0.1) is 0 Å². The molecule has 0 saturated carbocycles. The third-order valence-electron chi connectivity index (χ3n) is 3.51. The summed E-state index contributed by atoms with van der Waals surface area (Å²) in [6, 6.07) is 6.67. The number of benzene rings is 1. The number of halogens is 1. The lowest BCUT2D eigenvalue weighted by Crippen LogP contribution is -2.41. The lowest BCUT2D eigenvalue weighted by atomic mass is 9.97. The monoisotopic (exact) mass is 283 g/mol. The first kappa shape index (κ1) is 13.6. The first-order valence-corrected chi connectivity index (χ1v) is 6.94. The fourth-order valence-electron chi connectivity index (χ4n) is 1.71. The highest BCUT2D eigenvalue weighted by atomic mass is 79.9. The van der Waals surface area contributed by atoms with Crippen LogP contribution >= 0.6 is 15.9 Å². The van der Waals surface area contributed by atoms with Crippen LogP contribution in [0.4, 0.5) is 5.69 Å². The molecule has 0 radical (unpaired) electrons. The second-order valence-corrected chi connectivity index (χ2v) is 5.55. The molecule has 0 bridgehead atoms. The number of nitrogens with zero attached hydrogens (tertiary/aromatic N) is 1. The minimum absolute atomic E-state index is 0.201. The van der Waals surface area contributed by atoms with Gasteiger partial charge in [-0.2, -0.15) is 0 Å². The van der Waals surface area contributed by atoms with Gasteiger partial charge in [-0.3, -0.25) is 0 Å². The van der Waals surface area contributed by atoms with Crippen LogP contribution in [0.25, 0.3) is 0 Å². The molecular formula is C14H22BrN. The Morgan fingerprint density at radius 1 is 1.31 bits per heavy atom. The summed E-state index contributed by atoms with van der Waals surface area (Å²) in [5, 5.41) is 0.911. The van der Waals surface area contributed by atoms with Gasteiger partial charge >= 0.3 is 0 Å². The van der Waals surface area contributed by atoms with Crippen molar-refractivity contribution >= 4 is 21.6 Å². The first-order chi connectivity index (χ1) is 7.42. The van der Waals surface area contributed by atoms with Crippen molar-refractivity contribution in [3.63, 3.8) is 0 Å². The molecule has 0 heterocycles. The summed E-state index contributed by atoms with van der Waals surface area (Å²) in [5.74, 6) is 0. The number of anilines is 1. The van der Waals surface area contributed by atoms with E-state index in [9.17, 15) is 0 Å². The Balaban J connectivity index is 3.13. The summed E-state index contributed by atoms with van der Waals surface area (Å²) >= 11 is 3.57. The molecule has 0 aliphatic heterocycles. The van der Waals surface area contributed by atoms with Gasteiger partial charge in [-0.05, 0) is 38.8 Å². The number of hydrogen-bond acceptors (Lipinski definition) is 1. The zero-order valence-electron chi connectivity index (χ0n) is 11.0. The van der Waals surface area contributed by atoms with Gasteiger partial charge in [0.2, 0.25) is 0 Å². The normalized spacial score (nSPS) is 11.6. The highest BCUT2D eigenvalue weighted by Gasteiger charge is 2.22. The van der Waals surface area contributed by atoms with Crippen molar-refractivity contribution in [2.24, 2.45) is 0 Å². The minimum Gasteiger partial charge on any atom is -0.369 e. The Labute approximate surface area is 108 Å². The largest absolute Gasteiger partial charge is 0.369 e. The maximum absolute atomic E-state index is 3.57. The van der Waals surface area contributed by atoms with Crippen molar-refractivity contribution in [2.45, 2.75) is 45.0 Å². The van der Waals surface area contributed by atoms with Crippen LogP contribution < -0.4 is 4.90 Å². The molecule has 0 N–H and O–H groups in total. The molecule has 0 fully saturated rings. The van der Waals surface area contributed by atoms with E-state index in [1.807, 2.05) is 0 Å². The molecule has 0 amide bonds. The zero-order valence-corrected chi connectivity index (χ0v) is 12.6. The van der Waals surface area contributed by atoms with Crippen LogP contribution in [0.1, 0.15) is 38.3 Å². The molecule has 2 heteroatoms. The fraction of sp³-hybridized carbons (Fsp3) is 0.571. The summed E-state index contributed by atoms with van der Waals surface area (Å²) in [4.78, 5) is 2.38. The quantitative estimate of drug-likeness (QED) is 0.735. The molecule has 0 aliphatic carbocycles. The lowest BCUT2D eigenvalue weighted by Gasteiger charge is -2.38. The predicted octanol–water partition coefficient (Wildman–Crippen LogP) is 4.51.